The summed E-state index contributed by atoms with van der Waals surface area (Å²) in [4.78, 5) is 4.77. The van der Waals surface area contributed by atoms with E-state index in [9.17, 15) is 0 Å². The zero-order valence-corrected chi connectivity index (χ0v) is 40.2. The molecule has 0 radical (unpaired) electrons. The molecule has 0 aliphatic carbocycles. The van der Waals surface area contributed by atoms with Crippen molar-refractivity contribution in [1.29, 1.82) is 0 Å². The molecule has 0 saturated carbocycles. The molecule has 0 bridgehead atoms. The quantitative estimate of drug-likeness (QED) is 0.147. The molecule has 0 amide bonds. The van der Waals surface area contributed by atoms with Crippen molar-refractivity contribution in [2.45, 2.75) is 10.8 Å². The number of fused-ring (bicyclic) bond motifs is 5. The predicted molar refractivity (Wildman–Crippen MR) is 292 cm³/mol. The van der Waals surface area contributed by atoms with Crippen LogP contribution in [0.4, 0.5) is 0 Å². The van der Waals surface area contributed by atoms with Crippen LogP contribution in [-0.4, -0.2) is 21.1 Å². The van der Waals surface area contributed by atoms with E-state index in [4.69, 9.17) is 4.98 Å². The van der Waals surface area contributed by atoms with E-state index in [1.165, 1.54) is 86.3 Å². The van der Waals surface area contributed by atoms with Gasteiger partial charge in [-0.25, -0.2) is 0 Å². The summed E-state index contributed by atoms with van der Waals surface area (Å²) in [5.74, 6) is 0. The summed E-state index contributed by atoms with van der Waals surface area (Å²) >= 11 is 0. The van der Waals surface area contributed by atoms with E-state index < -0.39 is 27.0 Å². The molecule has 0 spiro atoms. The number of aromatic nitrogens is 1. The Bertz CT molecular complexity index is 3180. The summed E-state index contributed by atoms with van der Waals surface area (Å²) in [6.45, 7) is 0. The first-order valence-electron chi connectivity index (χ1n) is 24.2. The Kier molecular flexibility index (Phi) is 9.72. The smallest absolute Gasteiger partial charge is 0.181 e. The fourth-order valence-corrected chi connectivity index (χ4v) is 25.0. The molecule has 3 heterocycles. The summed E-state index contributed by atoms with van der Waals surface area (Å²) in [7, 11) is -6.79. The van der Waals surface area contributed by atoms with Crippen molar-refractivity contribution in [3.63, 3.8) is 0 Å². The van der Waals surface area contributed by atoms with E-state index in [2.05, 4.69) is 291 Å². The third kappa shape index (κ3) is 5.57. The van der Waals surface area contributed by atoms with E-state index in [-0.39, 0.29) is 0 Å². The second kappa shape index (κ2) is 16.3. The molecule has 326 valence electrons. The van der Waals surface area contributed by atoms with Gasteiger partial charge in [-0.2, -0.15) is 0 Å². The predicted octanol–water partition coefficient (Wildman–Crippen LogP) is 9.16. The second-order valence-corrected chi connectivity index (χ2v) is 26.0. The van der Waals surface area contributed by atoms with Crippen LogP contribution in [0.2, 0.25) is 0 Å². The van der Waals surface area contributed by atoms with Crippen molar-refractivity contribution < 1.29 is 0 Å². The highest BCUT2D eigenvalue weighted by molar-refractivity contribution is 7.27. The van der Waals surface area contributed by atoms with Crippen LogP contribution in [0.15, 0.2) is 291 Å². The van der Waals surface area contributed by atoms with Gasteiger partial charge in [-0.3, -0.25) is 0 Å². The van der Waals surface area contributed by atoms with Gasteiger partial charge in [-0.05, 0) is 74.9 Å². The molecule has 3 heteroatoms. The molecular weight excluding hydrogens is 863 g/mol. The maximum Gasteiger partial charge on any atom is 0.181 e. The molecule has 0 atom stereocenters. The lowest BCUT2D eigenvalue weighted by atomic mass is 9.66. The zero-order chi connectivity index (χ0) is 45.9. The number of hydrogen-bond acceptors (Lipinski definition) is 0. The molecule has 13 rings (SSSR count). The van der Waals surface area contributed by atoms with Crippen LogP contribution in [0.1, 0.15) is 44.8 Å². The van der Waals surface area contributed by atoms with Gasteiger partial charge < -0.3 is 4.98 Å². The third-order valence-electron chi connectivity index (χ3n) is 15.6. The molecule has 0 saturated heterocycles. The topological polar surface area (TPSA) is 15.8 Å². The van der Waals surface area contributed by atoms with Crippen molar-refractivity contribution in [2.75, 3.05) is 0 Å². The van der Waals surface area contributed by atoms with E-state index in [0.29, 0.717) is 0 Å². The largest absolute Gasteiger partial charge is 0.360 e. The van der Waals surface area contributed by atoms with Crippen LogP contribution < -0.4 is 41.5 Å². The zero-order valence-electron chi connectivity index (χ0n) is 38.2. The first-order valence-corrected chi connectivity index (χ1v) is 28.2. The first-order chi connectivity index (χ1) is 34.3. The number of hydrogen-bond donors (Lipinski definition) is 1. The van der Waals surface area contributed by atoms with E-state index in [1.807, 2.05) is 0 Å². The van der Waals surface area contributed by atoms with Crippen LogP contribution >= 0.6 is 0 Å². The Morgan fingerprint density at radius 2 is 0.449 bits per heavy atom. The Morgan fingerprint density at radius 3 is 0.710 bits per heavy atom. The maximum atomic E-state index is 4.77. The summed E-state index contributed by atoms with van der Waals surface area (Å²) in [5, 5.41) is 11.2. The molecule has 1 nitrogen and oxygen atoms in total. The molecule has 1 aromatic heterocycles. The van der Waals surface area contributed by atoms with Crippen molar-refractivity contribution in [2.24, 2.45) is 0 Å². The number of aromatic amines is 1. The van der Waals surface area contributed by atoms with Gasteiger partial charge in [0.05, 0.1) is 10.8 Å². The van der Waals surface area contributed by atoms with Crippen molar-refractivity contribution in [1.82, 2.24) is 4.98 Å². The minimum Gasteiger partial charge on any atom is -0.360 e. The van der Waals surface area contributed by atoms with Gasteiger partial charge in [-0.1, -0.05) is 291 Å². The normalized spacial score (nSPS) is 15.4. The molecule has 11 aromatic rings. The van der Waals surface area contributed by atoms with Gasteiger partial charge in [0.15, 0.2) is 16.1 Å². The highest BCUT2D eigenvalue weighted by atomic mass is 28.3. The third-order valence-corrected chi connectivity index (χ3v) is 25.7. The number of nitrogens with one attached hydrogen (secondary N) is 1. The number of rotatable bonds is 8. The van der Waals surface area contributed by atoms with Gasteiger partial charge in [0.1, 0.15) is 0 Å². The summed E-state index contributed by atoms with van der Waals surface area (Å²) in [6, 6.07) is 111. The highest BCUT2D eigenvalue weighted by Gasteiger charge is 2.65. The molecular formula is C66H49NSi2. The van der Waals surface area contributed by atoms with Crippen LogP contribution in [0.3, 0.4) is 0 Å². The molecule has 0 unspecified atom stereocenters. The van der Waals surface area contributed by atoms with E-state index in [1.54, 1.807) is 0 Å². The molecule has 2 aliphatic rings. The van der Waals surface area contributed by atoms with Crippen LogP contribution in [0, 0.1) is 0 Å². The minimum absolute atomic E-state index is 0.759. The van der Waals surface area contributed by atoms with Crippen molar-refractivity contribution in [3.05, 3.63) is 336 Å². The standard InChI is InChI=1S/C66H49NSi2/c1-9-29-49(30-10-1)65(50-31-11-2-12-32-50)57-45-25-27-47-59(57)68(53-37-17-5-18-38-53,54-39-19-6-20-40-54)61-62-64(67-63(61)65)66(51-33-13-3-14-34-51,52-35-15-4-16-36-52)58-46-26-28-48-60(58)69(62,55-41-21-7-22-42-55)56-43-23-8-24-44-56/h1-48,67H. The summed E-state index contributed by atoms with van der Waals surface area (Å²) < 4.78 is 0. The van der Waals surface area contributed by atoms with Crippen LogP contribution in [0.25, 0.3) is 0 Å². The highest BCUT2D eigenvalue weighted by Crippen LogP contribution is 2.51. The lowest BCUT2D eigenvalue weighted by Crippen LogP contribution is -2.88. The van der Waals surface area contributed by atoms with Crippen LogP contribution in [0.5, 0.6) is 0 Å². The number of benzene rings is 10. The number of H-pyrrole nitrogens is 1. The van der Waals surface area contributed by atoms with Crippen LogP contribution in [-0.2, 0) is 10.8 Å². The molecule has 2 aliphatic heterocycles. The molecule has 10 aromatic carbocycles. The monoisotopic (exact) mass is 911 g/mol. The Morgan fingerprint density at radius 1 is 0.232 bits per heavy atom. The van der Waals surface area contributed by atoms with E-state index >= 15 is 0 Å². The maximum absolute atomic E-state index is 4.77. The SMILES string of the molecule is c1ccc(C2(c3ccccc3)c3ccccc3[Si](c3ccccc3)(c3ccccc3)c3c2[nH]c2c3[Si](c3ccccc3)(c3ccccc3)c3ccccc3C2(c2ccccc2)c2ccccc2)cc1. The van der Waals surface area contributed by atoms with Gasteiger partial charge in [0.25, 0.3) is 0 Å². The van der Waals surface area contributed by atoms with Gasteiger partial charge in [0.2, 0.25) is 0 Å². The molecule has 69 heavy (non-hydrogen) atoms. The molecule has 0 fully saturated rings. The van der Waals surface area contributed by atoms with Crippen molar-refractivity contribution in [3.8, 4) is 0 Å². The molecule has 1 N–H and O–H groups in total. The Labute approximate surface area is 407 Å². The van der Waals surface area contributed by atoms with Gasteiger partial charge in [0, 0.05) is 11.4 Å². The van der Waals surface area contributed by atoms with E-state index in [0.717, 1.165) is 0 Å². The fourth-order valence-electron chi connectivity index (χ4n) is 13.2. The van der Waals surface area contributed by atoms with Crippen molar-refractivity contribution >= 4 is 57.6 Å². The first kappa shape index (κ1) is 41.1. The Hall–Kier alpha value is -8.09. The lowest BCUT2D eigenvalue weighted by Gasteiger charge is -2.51. The summed E-state index contributed by atoms with van der Waals surface area (Å²) in [6.07, 6.45) is 0. The second-order valence-electron chi connectivity index (χ2n) is 18.6. The average Bonchev–Trinajstić information content (AvgIpc) is 3.85. The van der Waals surface area contributed by atoms with Gasteiger partial charge >= 0.3 is 0 Å². The fraction of sp³-hybridized carbons (Fsp3) is 0.0303. The average molecular weight is 912 g/mol. The van der Waals surface area contributed by atoms with Gasteiger partial charge in [-0.15, -0.1) is 0 Å². The summed E-state index contributed by atoms with van der Waals surface area (Å²) in [5.41, 5.74) is 8.59. The lowest BCUT2D eigenvalue weighted by molar-refractivity contribution is 0.687. The Balaban J connectivity index is 1.40. The minimum atomic E-state index is -3.39.